The molecule has 9 heteroatoms. The van der Waals surface area contributed by atoms with E-state index >= 15 is 0 Å². The minimum atomic E-state index is -3.11. The minimum Gasteiger partial charge on any atom is -0.464 e. The van der Waals surface area contributed by atoms with E-state index in [1.165, 1.54) is 11.3 Å². The second-order valence-corrected chi connectivity index (χ2v) is 8.59. The second-order valence-electron chi connectivity index (χ2n) is 7.73. The van der Waals surface area contributed by atoms with Crippen LogP contribution in [-0.4, -0.2) is 24.2 Å². The summed E-state index contributed by atoms with van der Waals surface area (Å²) in [6.07, 6.45) is 0. The highest BCUT2D eigenvalue weighted by atomic mass is 32.1. The lowest BCUT2D eigenvalue weighted by molar-refractivity contribution is -0.190. The van der Waals surface area contributed by atoms with Crippen LogP contribution in [-0.2, 0) is 19.9 Å². The summed E-state index contributed by atoms with van der Waals surface area (Å²) < 4.78 is 30.4. The number of thiazole rings is 1. The van der Waals surface area contributed by atoms with Crippen molar-refractivity contribution in [2.45, 2.75) is 25.1 Å². The van der Waals surface area contributed by atoms with Crippen LogP contribution in [0.1, 0.15) is 35.3 Å². The number of aromatic nitrogens is 1. The predicted octanol–water partition coefficient (Wildman–Crippen LogP) is 5.90. The Labute approximate surface area is 211 Å². The van der Waals surface area contributed by atoms with E-state index in [2.05, 4.69) is 20.6 Å². The first-order valence-corrected chi connectivity index (χ1v) is 12.2. The van der Waals surface area contributed by atoms with Crippen molar-refractivity contribution >= 4 is 22.4 Å². The molecule has 186 valence electrons. The molecular weight excluding hydrogens is 484 g/mol. The van der Waals surface area contributed by atoms with Crippen LogP contribution in [0.5, 0.6) is 0 Å². The standard InChI is InChI=1S/C27H25F2N3O3S/c1-2-34-24(33)23(32-35-25(28)29)22-18-36-26(30-22)31-27(19-12-6-3-7-13-19,20-14-8-4-9-15-20)21-16-10-5-11-17-21/h3-18,23,25,32H,2H2,1H3,(H,30,31). The Morgan fingerprint density at radius 3 is 1.86 bits per heavy atom. The normalized spacial score (nSPS) is 12.3. The number of rotatable bonds is 11. The average Bonchev–Trinajstić information content (AvgIpc) is 3.37. The molecule has 1 aromatic heterocycles. The molecule has 0 saturated carbocycles. The molecule has 0 bridgehead atoms. The molecule has 0 radical (unpaired) electrons. The first kappa shape index (κ1) is 25.4. The molecule has 2 N–H and O–H groups in total. The molecule has 4 aromatic rings. The number of ether oxygens (including phenoxy) is 1. The number of hydrogen-bond donors (Lipinski definition) is 2. The number of hydrogen-bond acceptors (Lipinski definition) is 7. The van der Waals surface area contributed by atoms with Crippen molar-refractivity contribution in [1.29, 1.82) is 0 Å². The van der Waals surface area contributed by atoms with Crippen LogP contribution in [0.25, 0.3) is 0 Å². The van der Waals surface area contributed by atoms with Gasteiger partial charge in [-0.1, -0.05) is 91.0 Å². The summed E-state index contributed by atoms with van der Waals surface area (Å²) >= 11 is 1.25. The van der Waals surface area contributed by atoms with E-state index in [-0.39, 0.29) is 12.3 Å². The summed E-state index contributed by atoms with van der Waals surface area (Å²) in [6, 6.07) is 28.5. The topological polar surface area (TPSA) is 72.5 Å². The highest BCUT2D eigenvalue weighted by Crippen LogP contribution is 2.40. The number of carbonyl (C=O) groups excluding carboxylic acids is 1. The average molecular weight is 510 g/mol. The fourth-order valence-electron chi connectivity index (χ4n) is 3.99. The van der Waals surface area contributed by atoms with Crippen LogP contribution in [0.4, 0.5) is 13.9 Å². The molecule has 4 rings (SSSR count). The number of carbonyl (C=O) groups is 1. The van der Waals surface area contributed by atoms with Gasteiger partial charge in [0.1, 0.15) is 5.54 Å². The molecule has 1 heterocycles. The minimum absolute atomic E-state index is 0.0834. The Kier molecular flexibility index (Phi) is 8.37. The number of halogens is 2. The zero-order valence-corrected chi connectivity index (χ0v) is 20.3. The molecule has 36 heavy (non-hydrogen) atoms. The molecule has 0 aliphatic carbocycles. The summed E-state index contributed by atoms with van der Waals surface area (Å²) in [7, 11) is 0. The Hall–Kier alpha value is -3.66. The van der Waals surface area contributed by atoms with Gasteiger partial charge >= 0.3 is 12.6 Å². The maximum Gasteiger partial charge on any atom is 0.360 e. The largest absolute Gasteiger partial charge is 0.464 e. The van der Waals surface area contributed by atoms with Gasteiger partial charge in [-0.3, -0.25) is 0 Å². The molecule has 0 aliphatic heterocycles. The molecule has 0 fully saturated rings. The van der Waals surface area contributed by atoms with Gasteiger partial charge in [-0.2, -0.15) is 14.3 Å². The van der Waals surface area contributed by atoms with E-state index in [0.717, 1.165) is 16.7 Å². The first-order chi connectivity index (χ1) is 17.5. The third-order valence-electron chi connectivity index (χ3n) is 5.53. The molecule has 0 saturated heterocycles. The number of alkyl halides is 2. The summed E-state index contributed by atoms with van der Waals surface area (Å²) in [5, 5.41) is 5.68. The van der Waals surface area contributed by atoms with Crippen LogP contribution >= 0.6 is 11.3 Å². The van der Waals surface area contributed by atoms with Crippen molar-refractivity contribution in [2.75, 3.05) is 11.9 Å². The van der Waals surface area contributed by atoms with Gasteiger partial charge in [0.15, 0.2) is 11.2 Å². The molecule has 1 atom stereocenters. The lowest BCUT2D eigenvalue weighted by atomic mass is 9.77. The van der Waals surface area contributed by atoms with Gasteiger partial charge < -0.3 is 10.1 Å². The number of nitrogens with zero attached hydrogens (tertiary/aromatic N) is 1. The van der Waals surface area contributed by atoms with Crippen molar-refractivity contribution in [3.05, 3.63) is 119 Å². The first-order valence-electron chi connectivity index (χ1n) is 11.3. The van der Waals surface area contributed by atoms with Crippen molar-refractivity contribution in [3.63, 3.8) is 0 Å². The van der Waals surface area contributed by atoms with Crippen LogP contribution in [0.3, 0.4) is 0 Å². The van der Waals surface area contributed by atoms with Gasteiger partial charge in [0.2, 0.25) is 0 Å². The summed E-state index contributed by atoms with van der Waals surface area (Å²) in [5.74, 6) is -0.768. The number of nitrogens with one attached hydrogen (secondary N) is 2. The smallest absolute Gasteiger partial charge is 0.360 e. The number of anilines is 1. The van der Waals surface area contributed by atoms with Crippen molar-refractivity contribution < 1.29 is 23.1 Å². The van der Waals surface area contributed by atoms with Gasteiger partial charge in [0.05, 0.1) is 12.3 Å². The molecular formula is C27H25F2N3O3S. The Balaban J connectivity index is 1.80. The van der Waals surface area contributed by atoms with Crippen LogP contribution in [0.2, 0.25) is 0 Å². The van der Waals surface area contributed by atoms with Gasteiger partial charge in [0, 0.05) is 5.38 Å². The molecule has 0 aliphatic rings. The van der Waals surface area contributed by atoms with Crippen LogP contribution < -0.4 is 10.8 Å². The fourth-order valence-corrected chi connectivity index (χ4v) is 4.78. The number of hydroxylamine groups is 1. The van der Waals surface area contributed by atoms with Crippen molar-refractivity contribution in [3.8, 4) is 0 Å². The molecule has 6 nitrogen and oxygen atoms in total. The van der Waals surface area contributed by atoms with Gasteiger partial charge in [0.25, 0.3) is 0 Å². The van der Waals surface area contributed by atoms with Gasteiger partial charge in [-0.05, 0) is 23.6 Å². The highest BCUT2D eigenvalue weighted by molar-refractivity contribution is 7.13. The maximum atomic E-state index is 12.7. The molecule has 3 aromatic carbocycles. The number of esters is 1. The fraction of sp³-hybridized carbons (Fsp3) is 0.185. The van der Waals surface area contributed by atoms with E-state index in [4.69, 9.17) is 4.74 Å². The molecule has 1 unspecified atom stereocenters. The Bertz CT molecular complexity index is 1140. The second kappa shape index (κ2) is 11.9. The summed E-state index contributed by atoms with van der Waals surface area (Å²) in [4.78, 5) is 21.2. The summed E-state index contributed by atoms with van der Waals surface area (Å²) in [6.45, 7) is -1.40. The molecule has 0 amide bonds. The van der Waals surface area contributed by atoms with Gasteiger partial charge in [-0.25, -0.2) is 14.6 Å². The van der Waals surface area contributed by atoms with E-state index in [0.29, 0.717) is 5.13 Å². The summed E-state index contributed by atoms with van der Waals surface area (Å²) in [5.41, 5.74) is 4.37. The van der Waals surface area contributed by atoms with E-state index in [1.807, 2.05) is 91.0 Å². The highest BCUT2D eigenvalue weighted by Gasteiger charge is 2.37. The Morgan fingerprint density at radius 2 is 1.42 bits per heavy atom. The van der Waals surface area contributed by atoms with Crippen molar-refractivity contribution in [2.24, 2.45) is 0 Å². The third kappa shape index (κ3) is 5.59. The van der Waals surface area contributed by atoms with Crippen molar-refractivity contribution in [1.82, 2.24) is 10.5 Å². The van der Waals surface area contributed by atoms with Crippen LogP contribution in [0.15, 0.2) is 96.4 Å². The van der Waals surface area contributed by atoms with Crippen LogP contribution in [0, 0.1) is 0 Å². The lowest BCUT2D eigenvalue weighted by Gasteiger charge is -2.36. The van der Waals surface area contributed by atoms with E-state index in [9.17, 15) is 13.6 Å². The predicted molar refractivity (Wildman–Crippen MR) is 135 cm³/mol. The SMILES string of the molecule is CCOC(=O)C(NOC(F)F)c1csc(NC(c2ccccc2)(c2ccccc2)c2ccccc2)n1. The van der Waals surface area contributed by atoms with E-state index in [1.54, 1.807) is 12.3 Å². The lowest BCUT2D eigenvalue weighted by Crippen LogP contribution is -2.38. The van der Waals surface area contributed by atoms with Gasteiger partial charge in [-0.15, -0.1) is 11.3 Å². The zero-order chi connectivity index (χ0) is 25.4. The van der Waals surface area contributed by atoms with E-state index < -0.39 is 24.2 Å². The Morgan fingerprint density at radius 1 is 0.917 bits per heavy atom. The third-order valence-corrected chi connectivity index (χ3v) is 6.31. The monoisotopic (exact) mass is 509 g/mol. The quantitative estimate of drug-likeness (QED) is 0.149. The molecule has 0 spiro atoms. The zero-order valence-electron chi connectivity index (χ0n) is 19.4. The number of benzene rings is 3. The maximum absolute atomic E-state index is 12.7.